The highest BCUT2D eigenvalue weighted by molar-refractivity contribution is 7.87. The van der Waals surface area contributed by atoms with Crippen molar-refractivity contribution in [3.05, 3.63) is 11.6 Å². The highest BCUT2D eigenvalue weighted by atomic mass is 35.5. The summed E-state index contributed by atoms with van der Waals surface area (Å²) in [6, 6.07) is 0. The minimum Gasteiger partial charge on any atom is -0.383 e. The number of hydrogen-bond acceptors (Lipinski definition) is 3. The number of methoxy groups -OCH3 is 1. The maximum atomic E-state index is 11.0. The first kappa shape index (κ1) is 12.9. The molecular weight excluding hydrogens is 216 g/mol. The van der Waals surface area contributed by atoms with Gasteiger partial charge in [-0.05, 0) is 0 Å². The molecule has 0 amide bonds. The Morgan fingerprint density at radius 1 is 1.54 bits per heavy atom. The Labute approximate surface area is 83.3 Å². The molecule has 0 bridgehead atoms. The molecular formula is C6H13ClN2O3S. The first-order valence-corrected chi connectivity index (χ1v) is 5.40. The van der Waals surface area contributed by atoms with Crippen molar-refractivity contribution in [2.75, 3.05) is 26.8 Å². The predicted molar refractivity (Wildman–Crippen MR) is 51.8 cm³/mol. The molecule has 0 aliphatic heterocycles. The Hall–Kier alpha value is -0.140. The molecule has 7 heteroatoms. The summed E-state index contributed by atoms with van der Waals surface area (Å²) in [6.07, 6.45) is 0. The molecule has 0 radical (unpaired) electrons. The SMILES string of the molecule is C=C(Cl)CNS(=O)(=O)NCCOC. The summed E-state index contributed by atoms with van der Waals surface area (Å²) >= 11 is 5.37. The Morgan fingerprint density at radius 3 is 2.62 bits per heavy atom. The molecule has 0 unspecified atom stereocenters. The summed E-state index contributed by atoms with van der Waals surface area (Å²) in [5, 5.41) is 0.233. The molecule has 0 atom stereocenters. The lowest BCUT2D eigenvalue weighted by molar-refractivity contribution is 0.204. The summed E-state index contributed by atoms with van der Waals surface area (Å²) in [6.45, 7) is 3.90. The van der Waals surface area contributed by atoms with Gasteiger partial charge in [-0.3, -0.25) is 0 Å². The molecule has 13 heavy (non-hydrogen) atoms. The van der Waals surface area contributed by atoms with Crippen molar-refractivity contribution in [1.82, 2.24) is 9.44 Å². The zero-order valence-corrected chi connectivity index (χ0v) is 8.91. The first-order valence-electron chi connectivity index (χ1n) is 3.54. The van der Waals surface area contributed by atoms with E-state index in [4.69, 9.17) is 11.6 Å². The van der Waals surface area contributed by atoms with Crippen LogP contribution >= 0.6 is 11.6 Å². The van der Waals surface area contributed by atoms with E-state index in [1.54, 1.807) is 0 Å². The van der Waals surface area contributed by atoms with E-state index >= 15 is 0 Å². The van der Waals surface area contributed by atoms with Gasteiger partial charge in [0.05, 0.1) is 6.61 Å². The minimum atomic E-state index is -3.47. The van der Waals surface area contributed by atoms with Crippen LogP contribution < -0.4 is 9.44 Å². The second-order valence-corrected chi connectivity index (χ2v) is 4.35. The molecule has 0 fully saturated rings. The van der Waals surface area contributed by atoms with Crippen LogP contribution in [0.2, 0.25) is 0 Å². The monoisotopic (exact) mass is 228 g/mol. The van der Waals surface area contributed by atoms with E-state index in [0.29, 0.717) is 6.61 Å². The molecule has 0 heterocycles. The largest absolute Gasteiger partial charge is 0.383 e. The topological polar surface area (TPSA) is 67.4 Å². The number of hydrogen-bond donors (Lipinski definition) is 2. The Kier molecular flexibility index (Phi) is 6.27. The molecule has 0 saturated carbocycles. The van der Waals surface area contributed by atoms with Crippen LogP contribution in [0.4, 0.5) is 0 Å². The van der Waals surface area contributed by atoms with Gasteiger partial charge < -0.3 is 4.74 Å². The molecule has 78 valence electrons. The summed E-state index contributed by atoms with van der Waals surface area (Å²) < 4.78 is 31.2. The first-order chi connectivity index (χ1) is 5.98. The lowest BCUT2D eigenvalue weighted by atomic mass is 10.7. The van der Waals surface area contributed by atoms with Crippen molar-refractivity contribution in [2.24, 2.45) is 0 Å². The van der Waals surface area contributed by atoms with Gasteiger partial charge in [-0.1, -0.05) is 18.2 Å². The molecule has 0 aromatic rings. The second kappa shape index (κ2) is 6.33. The lowest BCUT2D eigenvalue weighted by Crippen LogP contribution is -2.38. The third-order valence-corrected chi connectivity index (χ3v) is 2.29. The van der Waals surface area contributed by atoms with E-state index in [-0.39, 0.29) is 18.1 Å². The standard InChI is InChI=1S/C6H13ClN2O3S/c1-6(7)5-9-13(10,11)8-3-4-12-2/h8-9H,1,3-5H2,2H3. The minimum absolute atomic E-state index is 0.0177. The van der Waals surface area contributed by atoms with Gasteiger partial charge >= 0.3 is 0 Å². The molecule has 0 aromatic carbocycles. The van der Waals surface area contributed by atoms with Crippen LogP contribution in [-0.2, 0) is 14.9 Å². The van der Waals surface area contributed by atoms with Gasteiger partial charge in [-0.15, -0.1) is 0 Å². The fraction of sp³-hybridized carbons (Fsp3) is 0.667. The van der Waals surface area contributed by atoms with Gasteiger partial charge in [-0.2, -0.15) is 17.9 Å². The number of nitrogens with one attached hydrogen (secondary N) is 2. The number of ether oxygens (including phenoxy) is 1. The molecule has 0 aromatic heterocycles. The summed E-state index contributed by atoms with van der Waals surface area (Å²) in [5.74, 6) is 0. The van der Waals surface area contributed by atoms with Gasteiger partial charge in [0.2, 0.25) is 0 Å². The van der Waals surface area contributed by atoms with Crippen molar-refractivity contribution < 1.29 is 13.2 Å². The summed E-state index contributed by atoms with van der Waals surface area (Å²) in [4.78, 5) is 0. The highest BCUT2D eigenvalue weighted by Gasteiger charge is 2.07. The smallest absolute Gasteiger partial charge is 0.277 e. The molecule has 5 nitrogen and oxygen atoms in total. The van der Waals surface area contributed by atoms with Gasteiger partial charge in [0, 0.05) is 25.2 Å². The van der Waals surface area contributed by atoms with E-state index in [2.05, 4.69) is 20.8 Å². The second-order valence-electron chi connectivity index (χ2n) is 2.23. The highest BCUT2D eigenvalue weighted by Crippen LogP contribution is 1.92. The molecule has 2 N–H and O–H groups in total. The van der Waals surface area contributed by atoms with Crippen LogP contribution in [0.3, 0.4) is 0 Å². The van der Waals surface area contributed by atoms with Crippen LogP contribution in [-0.4, -0.2) is 35.2 Å². The van der Waals surface area contributed by atoms with E-state index < -0.39 is 10.2 Å². The molecule has 0 aliphatic carbocycles. The van der Waals surface area contributed by atoms with E-state index in [1.807, 2.05) is 0 Å². The van der Waals surface area contributed by atoms with Crippen LogP contribution in [0.1, 0.15) is 0 Å². The maximum absolute atomic E-state index is 11.0. The maximum Gasteiger partial charge on any atom is 0.277 e. The van der Waals surface area contributed by atoms with E-state index in [0.717, 1.165) is 0 Å². The third kappa shape index (κ3) is 8.20. The van der Waals surface area contributed by atoms with Gasteiger partial charge in [-0.25, -0.2) is 0 Å². The van der Waals surface area contributed by atoms with Crippen molar-refractivity contribution in [2.45, 2.75) is 0 Å². The molecule has 0 aliphatic rings. The van der Waals surface area contributed by atoms with Crippen molar-refractivity contribution in [3.63, 3.8) is 0 Å². The van der Waals surface area contributed by atoms with E-state index in [1.165, 1.54) is 7.11 Å². The predicted octanol–water partition coefficient (Wildman–Crippen LogP) is -0.191. The molecule has 0 rings (SSSR count). The fourth-order valence-corrected chi connectivity index (χ4v) is 1.47. The zero-order valence-electron chi connectivity index (χ0n) is 7.34. The van der Waals surface area contributed by atoms with Crippen molar-refractivity contribution in [3.8, 4) is 0 Å². The Balaban J connectivity index is 3.74. The fourth-order valence-electron chi connectivity index (χ4n) is 0.502. The van der Waals surface area contributed by atoms with Crippen LogP contribution in [0.5, 0.6) is 0 Å². The van der Waals surface area contributed by atoms with Gasteiger partial charge in [0.1, 0.15) is 0 Å². The van der Waals surface area contributed by atoms with Crippen LogP contribution in [0.25, 0.3) is 0 Å². The van der Waals surface area contributed by atoms with Gasteiger partial charge in [0.25, 0.3) is 10.2 Å². The van der Waals surface area contributed by atoms with Gasteiger partial charge in [0.15, 0.2) is 0 Å². The zero-order chi connectivity index (χ0) is 10.3. The molecule has 0 saturated heterocycles. The molecule has 0 spiro atoms. The van der Waals surface area contributed by atoms with Crippen LogP contribution in [0.15, 0.2) is 11.6 Å². The Morgan fingerprint density at radius 2 is 2.15 bits per heavy atom. The van der Waals surface area contributed by atoms with Crippen molar-refractivity contribution >= 4 is 21.8 Å². The summed E-state index contributed by atoms with van der Waals surface area (Å²) in [7, 11) is -1.99. The number of rotatable bonds is 7. The quantitative estimate of drug-likeness (QED) is 0.594. The van der Waals surface area contributed by atoms with Crippen LogP contribution in [0, 0.1) is 0 Å². The summed E-state index contributed by atoms with van der Waals surface area (Å²) in [5.41, 5.74) is 0. The van der Waals surface area contributed by atoms with Crippen molar-refractivity contribution in [1.29, 1.82) is 0 Å². The normalized spacial score (nSPS) is 11.5. The van der Waals surface area contributed by atoms with E-state index in [9.17, 15) is 8.42 Å². The third-order valence-electron chi connectivity index (χ3n) is 1.05. The Bertz CT molecular complexity index is 253. The number of halogens is 1. The average Bonchev–Trinajstić information content (AvgIpc) is 2.02. The average molecular weight is 229 g/mol. The lowest BCUT2D eigenvalue weighted by Gasteiger charge is -2.06.